The van der Waals surface area contributed by atoms with Crippen LogP contribution in [0.1, 0.15) is 0 Å². The maximum atomic E-state index is 12.1. The van der Waals surface area contributed by atoms with E-state index >= 15 is 0 Å². The third kappa shape index (κ3) is 3.13. The number of amides is 2. The van der Waals surface area contributed by atoms with E-state index in [0.29, 0.717) is 22.3 Å². The highest BCUT2D eigenvalue weighted by Crippen LogP contribution is 2.29. The van der Waals surface area contributed by atoms with E-state index in [9.17, 15) is 4.79 Å². The molecule has 3 rings (SSSR count). The summed E-state index contributed by atoms with van der Waals surface area (Å²) in [7, 11) is 1.57. The first kappa shape index (κ1) is 14.6. The Labute approximate surface area is 136 Å². The quantitative estimate of drug-likeness (QED) is 0.736. The van der Waals surface area contributed by atoms with Crippen molar-refractivity contribution in [2.45, 2.75) is 0 Å². The molecule has 2 aromatic carbocycles. The number of nitrogens with zero attached hydrogens (tertiary/aromatic N) is 1. The zero-order valence-electron chi connectivity index (χ0n) is 11.6. The lowest BCUT2D eigenvalue weighted by Crippen LogP contribution is -2.19. The van der Waals surface area contributed by atoms with Crippen LogP contribution in [0.4, 0.5) is 16.3 Å². The summed E-state index contributed by atoms with van der Waals surface area (Å²) in [5.74, 6) is 1.16. The molecule has 0 radical (unpaired) electrons. The molecule has 1 aromatic heterocycles. The van der Waals surface area contributed by atoms with Gasteiger partial charge in [0.1, 0.15) is 5.75 Å². The highest BCUT2D eigenvalue weighted by atomic mass is 35.5. The van der Waals surface area contributed by atoms with Gasteiger partial charge in [0.05, 0.1) is 11.8 Å². The fourth-order valence-electron chi connectivity index (χ4n) is 1.97. The Morgan fingerprint density at radius 1 is 1.23 bits per heavy atom. The molecule has 0 bridgehead atoms. The van der Waals surface area contributed by atoms with E-state index in [2.05, 4.69) is 15.0 Å². The second kappa shape index (κ2) is 6.21. The number of nitrogens with one attached hydrogen (secondary N) is 2. The van der Waals surface area contributed by atoms with Gasteiger partial charge in [0.25, 0.3) is 0 Å². The molecule has 0 spiro atoms. The molecule has 0 saturated heterocycles. The zero-order valence-corrected chi connectivity index (χ0v) is 13.2. The summed E-state index contributed by atoms with van der Waals surface area (Å²) in [5, 5.41) is 6.88. The molecular formula is C15H12ClN3O2S. The molecule has 22 heavy (non-hydrogen) atoms. The maximum absolute atomic E-state index is 12.1. The van der Waals surface area contributed by atoms with Crippen molar-refractivity contribution in [1.82, 2.24) is 4.37 Å². The lowest BCUT2D eigenvalue weighted by atomic mass is 10.2. The molecular weight excluding hydrogens is 322 g/mol. The predicted octanol–water partition coefficient (Wildman–Crippen LogP) is 4.60. The SMILES string of the molecule is COc1cccc(NC(=O)Nc2nsc3ccc(Cl)cc23)c1. The topological polar surface area (TPSA) is 63.2 Å². The molecule has 0 saturated carbocycles. The first-order valence-electron chi connectivity index (χ1n) is 6.43. The average molecular weight is 334 g/mol. The van der Waals surface area contributed by atoms with Crippen LogP contribution in [0.2, 0.25) is 5.02 Å². The number of hydrogen-bond donors (Lipinski definition) is 2. The molecule has 0 atom stereocenters. The highest BCUT2D eigenvalue weighted by Gasteiger charge is 2.10. The first-order valence-corrected chi connectivity index (χ1v) is 7.58. The number of ether oxygens (including phenoxy) is 1. The number of benzene rings is 2. The molecule has 0 unspecified atom stereocenters. The van der Waals surface area contributed by atoms with E-state index in [1.807, 2.05) is 6.07 Å². The van der Waals surface area contributed by atoms with Crippen LogP contribution in [0.15, 0.2) is 42.5 Å². The van der Waals surface area contributed by atoms with Crippen molar-refractivity contribution in [1.29, 1.82) is 0 Å². The molecule has 0 fully saturated rings. The molecule has 7 heteroatoms. The molecule has 5 nitrogen and oxygen atoms in total. The molecule has 3 aromatic rings. The number of carbonyl (C=O) groups excluding carboxylic acids is 1. The Balaban J connectivity index is 1.76. The number of halogens is 1. The van der Waals surface area contributed by atoms with Crippen LogP contribution in [0.3, 0.4) is 0 Å². The summed E-state index contributed by atoms with van der Waals surface area (Å²) < 4.78 is 10.3. The van der Waals surface area contributed by atoms with Gasteiger partial charge >= 0.3 is 6.03 Å². The molecule has 2 amide bonds. The minimum Gasteiger partial charge on any atom is -0.497 e. The van der Waals surface area contributed by atoms with Crippen molar-refractivity contribution < 1.29 is 9.53 Å². The number of fused-ring (bicyclic) bond motifs is 1. The van der Waals surface area contributed by atoms with Gasteiger partial charge in [0.2, 0.25) is 0 Å². The summed E-state index contributed by atoms with van der Waals surface area (Å²) in [5.41, 5.74) is 0.634. The monoisotopic (exact) mass is 333 g/mol. The molecule has 112 valence electrons. The van der Waals surface area contributed by atoms with Crippen LogP contribution in [-0.4, -0.2) is 17.5 Å². The fourth-order valence-corrected chi connectivity index (χ4v) is 2.86. The van der Waals surface area contributed by atoms with E-state index in [0.717, 1.165) is 10.1 Å². The van der Waals surface area contributed by atoms with Crippen molar-refractivity contribution in [3.8, 4) is 5.75 Å². The number of methoxy groups -OCH3 is 1. The number of hydrogen-bond acceptors (Lipinski definition) is 4. The second-order valence-electron chi connectivity index (χ2n) is 4.48. The van der Waals surface area contributed by atoms with Gasteiger partial charge in [-0.05, 0) is 41.9 Å². The standard InChI is InChI=1S/C15H12ClN3O2S/c1-21-11-4-2-3-10(8-11)17-15(20)18-14-12-7-9(16)5-6-13(12)22-19-14/h2-8H,1H3,(H2,17,18,19,20). The van der Waals surface area contributed by atoms with Gasteiger partial charge in [-0.3, -0.25) is 5.32 Å². The zero-order chi connectivity index (χ0) is 15.5. The predicted molar refractivity (Wildman–Crippen MR) is 90.3 cm³/mol. The van der Waals surface area contributed by atoms with Crippen LogP contribution in [0.25, 0.3) is 10.1 Å². The van der Waals surface area contributed by atoms with Gasteiger partial charge in [-0.15, -0.1) is 0 Å². The summed E-state index contributed by atoms with van der Waals surface area (Å²) >= 11 is 7.29. The van der Waals surface area contributed by atoms with Gasteiger partial charge in [0.15, 0.2) is 5.82 Å². The molecule has 0 aliphatic heterocycles. The van der Waals surface area contributed by atoms with Gasteiger partial charge < -0.3 is 10.1 Å². The highest BCUT2D eigenvalue weighted by molar-refractivity contribution is 7.13. The molecule has 2 N–H and O–H groups in total. The smallest absolute Gasteiger partial charge is 0.324 e. The van der Waals surface area contributed by atoms with Crippen molar-refractivity contribution in [2.24, 2.45) is 0 Å². The number of aromatic nitrogens is 1. The lowest BCUT2D eigenvalue weighted by Gasteiger charge is -2.07. The number of carbonyl (C=O) groups is 1. The maximum Gasteiger partial charge on any atom is 0.324 e. The summed E-state index contributed by atoms with van der Waals surface area (Å²) in [6, 6.07) is 12.2. The third-order valence-electron chi connectivity index (χ3n) is 2.99. The third-order valence-corrected chi connectivity index (χ3v) is 4.05. The molecule has 0 aliphatic rings. The number of urea groups is 1. The van der Waals surface area contributed by atoms with Gasteiger partial charge in [-0.1, -0.05) is 17.7 Å². The fraction of sp³-hybridized carbons (Fsp3) is 0.0667. The average Bonchev–Trinajstić information content (AvgIpc) is 2.89. The Kier molecular flexibility index (Phi) is 4.13. The Bertz CT molecular complexity index is 835. The number of rotatable bonds is 3. The van der Waals surface area contributed by atoms with Crippen LogP contribution in [-0.2, 0) is 0 Å². The summed E-state index contributed by atoms with van der Waals surface area (Å²) in [6.45, 7) is 0. The lowest BCUT2D eigenvalue weighted by molar-refractivity contribution is 0.262. The van der Waals surface area contributed by atoms with E-state index in [-0.39, 0.29) is 6.03 Å². The normalized spacial score (nSPS) is 10.5. The van der Waals surface area contributed by atoms with Crippen LogP contribution >= 0.6 is 23.1 Å². The Hall–Kier alpha value is -2.31. The van der Waals surface area contributed by atoms with Crippen LogP contribution in [0.5, 0.6) is 5.75 Å². The van der Waals surface area contributed by atoms with Crippen LogP contribution in [0, 0.1) is 0 Å². The molecule has 1 heterocycles. The van der Waals surface area contributed by atoms with Gasteiger partial charge in [-0.25, -0.2) is 4.79 Å². The summed E-state index contributed by atoms with van der Waals surface area (Å²) in [6.07, 6.45) is 0. The largest absolute Gasteiger partial charge is 0.497 e. The number of anilines is 2. The summed E-state index contributed by atoms with van der Waals surface area (Å²) in [4.78, 5) is 12.1. The van der Waals surface area contributed by atoms with Crippen LogP contribution < -0.4 is 15.4 Å². The van der Waals surface area contributed by atoms with Crippen molar-refractivity contribution in [2.75, 3.05) is 17.7 Å². The van der Waals surface area contributed by atoms with Gasteiger partial charge in [0, 0.05) is 22.2 Å². The van der Waals surface area contributed by atoms with Crippen molar-refractivity contribution >= 4 is 50.8 Å². The van der Waals surface area contributed by atoms with E-state index in [1.165, 1.54) is 11.5 Å². The minimum absolute atomic E-state index is 0.375. The van der Waals surface area contributed by atoms with E-state index in [1.54, 1.807) is 43.5 Å². The van der Waals surface area contributed by atoms with E-state index in [4.69, 9.17) is 16.3 Å². The molecule has 0 aliphatic carbocycles. The van der Waals surface area contributed by atoms with Crippen molar-refractivity contribution in [3.05, 3.63) is 47.5 Å². The van der Waals surface area contributed by atoms with E-state index < -0.39 is 0 Å². The first-order chi connectivity index (χ1) is 10.7. The Morgan fingerprint density at radius 3 is 2.91 bits per heavy atom. The van der Waals surface area contributed by atoms with Gasteiger partial charge in [-0.2, -0.15) is 4.37 Å². The minimum atomic E-state index is -0.375. The Morgan fingerprint density at radius 2 is 2.09 bits per heavy atom. The second-order valence-corrected chi connectivity index (χ2v) is 5.72. The van der Waals surface area contributed by atoms with Crippen molar-refractivity contribution in [3.63, 3.8) is 0 Å².